The van der Waals surface area contributed by atoms with Crippen molar-refractivity contribution in [3.05, 3.63) is 81.6 Å². The van der Waals surface area contributed by atoms with E-state index in [1.165, 1.54) is 126 Å². The summed E-state index contributed by atoms with van der Waals surface area (Å²) in [5.74, 6) is 13.9. The van der Waals surface area contributed by atoms with Gasteiger partial charge in [-0.2, -0.15) is 0 Å². The van der Waals surface area contributed by atoms with Gasteiger partial charge in [-0.3, -0.25) is 19.4 Å². The fourth-order valence-corrected chi connectivity index (χ4v) is 26.4. The summed E-state index contributed by atoms with van der Waals surface area (Å²) in [4.78, 5) is 50.3. The topological polar surface area (TPSA) is 138 Å². The molecule has 0 bridgehead atoms. The van der Waals surface area contributed by atoms with Gasteiger partial charge < -0.3 is 15.3 Å². The lowest BCUT2D eigenvalue weighted by Gasteiger charge is -2.56. The summed E-state index contributed by atoms with van der Waals surface area (Å²) in [5.41, 5.74) is 2.50. The van der Waals surface area contributed by atoms with Gasteiger partial charge in [-0.25, -0.2) is 4.98 Å². The molecule has 12 fully saturated rings. The molecule has 482 valence electrons. The van der Waals surface area contributed by atoms with Crippen LogP contribution >= 0.6 is 11.3 Å². The third-order valence-corrected chi connectivity index (χ3v) is 30.7. The maximum atomic E-state index is 13.4. The van der Waals surface area contributed by atoms with Crippen LogP contribution in [0.4, 0.5) is 0 Å². The van der Waals surface area contributed by atoms with E-state index in [0.29, 0.717) is 36.6 Å². The molecule has 8 nitrogen and oxygen atoms in total. The normalized spacial score (nSPS) is 46.1. The van der Waals surface area contributed by atoms with Gasteiger partial charge in [0.15, 0.2) is 0 Å². The first kappa shape index (κ1) is 63.6. The molecule has 0 spiro atoms. The summed E-state index contributed by atoms with van der Waals surface area (Å²) in [6.07, 6.45) is 35.6. The van der Waals surface area contributed by atoms with E-state index >= 15 is 0 Å². The Morgan fingerprint density at radius 1 is 0.432 bits per heavy atom. The molecule has 0 aliphatic heterocycles. The van der Waals surface area contributed by atoms with Crippen LogP contribution in [0.5, 0.6) is 0 Å². The van der Waals surface area contributed by atoms with Crippen molar-refractivity contribution in [2.75, 3.05) is 0 Å². The van der Waals surface area contributed by atoms with Gasteiger partial charge in [0.05, 0.1) is 28.9 Å². The van der Waals surface area contributed by atoms with Crippen molar-refractivity contribution in [1.82, 2.24) is 9.97 Å². The molecule has 3 N–H and O–H groups in total. The monoisotopic (exact) mass is 1220 g/mol. The lowest BCUT2D eigenvalue weighted by Crippen LogP contribution is -2.51. The van der Waals surface area contributed by atoms with E-state index < -0.39 is 16.8 Å². The van der Waals surface area contributed by atoms with Crippen LogP contribution in [-0.4, -0.2) is 59.4 Å². The van der Waals surface area contributed by atoms with Gasteiger partial charge in [-0.1, -0.05) is 57.2 Å². The number of rotatable bonds is 9. The van der Waals surface area contributed by atoms with Crippen molar-refractivity contribution >= 4 is 28.7 Å². The quantitative estimate of drug-likeness (QED) is 0.193. The first-order valence-corrected chi connectivity index (χ1v) is 37.4. The van der Waals surface area contributed by atoms with E-state index in [9.17, 15) is 29.7 Å². The molecule has 0 unspecified atom stereocenters. The van der Waals surface area contributed by atoms with E-state index in [1.54, 1.807) is 17.5 Å². The predicted octanol–water partition coefficient (Wildman–Crippen LogP) is 16.9. The number of nitrogens with zero attached hydrogens (tertiary/aromatic N) is 2. The number of hydrogen-bond acceptors (Lipinski definition) is 9. The van der Waals surface area contributed by atoms with Crippen LogP contribution in [0.1, 0.15) is 242 Å². The van der Waals surface area contributed by atoms with E-state index in [0.717, 1.165) is 163 Å². The van der Waals surface area contributed by atoms with Crippen molar-refractivity contribution in [3.8, 4) is 0 Å². The maximum absolute atomic E-state index is 13.4. The van der Waals surface area contributed by atoms with Gasteiger partial charge in [0, 0.05) is 47.4 Å². The average molecular weight is 1220 g/mol. The molecular weight excluding hydrogens is 1100 g/mol. The number of carbonyl (C=O) groups is 3. The third kappa shape index (κ3) is 12.2. The van der Waals surface area contributed by atoms with Crippen molar-refractivity contribution in [2.45, 2.75) is 265 Å². The smallest absolute Gasteiger partial charge is 0.143 e. The molecule has 3 aromatic rings. The Hall–Kier alpha value is -3.11. The van der Waals surface area contributed by atoms with Gasteiger partial charge in [-0.15, -0.1) is 11.3 Å². The first-order chi connectivity index (χ1) is 41.9. The molecule has 2 heterocycles. The van der Waals surface area contributed by atoms with Gasteiger partial charge in [0.25, 0.3) is 0 Å². The van der Waals surface area contributed by atoms with Gasteiger partial charge in [0.2, 0.25) is 0 Å². The fraction of sp³-hybridized carbons (Fsp3) is 0.785. The number of aromatic nitrogens is 2. The number of aryl methyl sites for hydroxylation is 2. The van der Waals surface area contributed by atoms with E-state index in [-0.39, 0.29) is 34.0 Å². The van der Waals surface area contributed by atoms with Gasteiger partial charge in [-0.05, 0) is 331 Å². The highest BCUT2D eigenvalue weighted by atomic mass is 32.1. The minimum atomic E-state index is -0.437. The highest BCUT2D eigenvalue weighted by Gasteiger charge is 2.62. The SMILES string of the molecule is C[C@@]1(O)CC[C@H]2[C@H](CC[C@@H]3[C@@H]2CC[C@]2(C)[C@@H](C(=O)Cc4ccccc4)CC[C@@H]32)C1.C[C@@]1(O)CC[C@H]2[C@H](CC[C@@H]3[C@@H]2CC[C@]2(C)[C@@H](C(=O)Cc4ccccn4)CC[C@@H]32)C1.Cc1nc(CC(=O)[C@H]2CC[C@H]3[C@@H]4CC[C@@H]5C[C@](C)(O)CC[C@@H]5[C@H]4CC[C@]23C)sc1C. The number of fused-ring (bicyclic) bond motifs is 15. The van der Waals surface area contributed by atoms with Crippen molar-refractivity contribution in [2.24, 2.45) is 123 Å². The standard InChI is InChI=1S/C27H38O2.C26H39NO2S.C26H37NO2/c1-26(29)14-12-20-19(17-26)8-9-22-21(20)13-15-27(2)23(22)10-11-24(27)25(28)16-18-6-4-3-5-7-18;1-15-16(2)30-24(27-15)13-23(28)22-8-7-21-20-6-5-17-14-25(3,29)11-9-18(17)19(20)10-12-26(21,22)4;1-25(29)12-10-19-17(16-25)6-7-21-20(19)11-13-26(2)22(21)8-9-23(26)24(28)15-18-5-3-4-14-27-18/h3-7,19-24,29H,8-17H2,1-2H3;17-22,29H,5-14H2,1-4H3;3-5,14,17,19-23,29H,6-13,15-16H2,1-2H3/t19-,20+,21-,22-,23+,24-,26-,27+;17-,18+,19-,20-,21+,22-,25-,26+;17-,19+,20-,21-,22+,23-,25-,26+/m111/s1. The molecule has 1 aromatic carbocycles. The highest BCUT2D eigenvalue weighted by molar-refractivity contribution is 7.11. The number of thiazole rings is 1. The minimum absolute atomic E-state index is 0.194. The molecule has 12 aliphatic rings. The van der Waals surface area contributed by atoms with Crippen molar-refractivity contribution < 1.29 is 29.7 Å². The van der Waals surface area contributed by atoms with Crippen LogP contribution in [0.25, 0.3) is 0 Å². The Morgan fingerprint density at radius 2 is 0.818 bits per heavy atom. The molecule has 12 saturated carbocycles. The van der Waals surface area contributed by atoms with Crippen LogP contribution in [0.3, 0.4) is 0 Å². The van der Waals surface area contributed by atoms with Gasteiger partial charge in [0.1, 0.15) is 22.4 Å². The second-order valence-corrected chi connectivity index (χ2v) is 35.8. The molecule has 9 heteroatoms. The van der Waals surface area contributed by atoms with Gasteiger partial charge >= 0.3 is 0 Å². The van der Waals surface area contributed by atoms with Crippen LogP contribution in [-0.2, 0) is 33.6 Å². The van der Waals surface area contributed by atoms with Crippen molar-refractivity contribution in [3.63, 3.8) is 0 Å². The molecular formula is C79H114N2O6S. The van der Waals surface area contributed by atoms with Crippen LogP contribution in [0.2, 0.25) is 0 Å². The molecule has 15 rings (SSSR count). The number of aliphatic hydroxyl groups is 3. The lowest BCUT2D eigenvalue weighted by atomic mass is 9.49. The van der Waals surface area contributed by atoms with E-state index in [2.05, 4.69) is 56.7 Å². The number of benzene rings is 1. The highest BCUT2D eigenvalue weighted by Crippen LogP contribution is 2.68. The summed E-state index contributed by atoms with van der Waals surface area (Å²) < 4.78 is 0. The molecule has 0 saturated heterocycles. The largest absolute Gasteiger partial charge is 0.390 e. The summed E-state index contributed by atoms with van der Waals surface area (Å²) >= 11 is 1.71. The Bertz CT molecular complexity index is 2820. The number of ketones is 3. The molecule has 0 amide bonds. The molecule has 88 heavy (non-hydrogen) atoms. The summed E-state index contributed by atoms with van der Waals surface area (Å²) in [5, 5.41) is 32.8. The predicted molar refractivity (Wildman–Crippen MR) is 352 cm³/mol. The van der Waals surface area contributed by atoms with Crippen LogP contribution in [0, 0.1) is 137 Å². The Labute approximate surface area is 534 Å². The molecule has 2 aromatic heterocycles. The zero-order valence-electron chi connectivity index (χ0n) is 55.7. The van der Waals surface area contributed by atoms with E-state index in [1.807, 2.05) is 57.2 Å². The van der Waals surface area contributed by atoms with Crippen LogP contribution in [0.15, 0.2) is 54.7 Å². The molecule has 12 aliphatic carbocycles. The van der Waals surface area contributed by atoms with E-state index in [4.69, 9.17) is 0 Å². The Morgan fingerprint density at radius 3 is 1.20 bits per heavy atom. The zero-order chi connectivity index (χ0) is 61.7. The summed E-state index contributed by atoms with van der Waals surface area (Å²) in [6, 6.07) is 16.2. The lowest BCUT2D eigenvalue weighted by molar-refractivity contribution is -0.132. The average Bonchev–Trinajstić information content (AvgIpc) is 1.46. The van der Waals surface area contributed by atoms with Crippen LogP contribution < -0.4 is 0 Å². The molecule has 24 atom stereocenters. The Kier molecular flexibility index (Phi) is 17.8. The number of carbonyl (C=O) groups excluding carboxylic acids is 3. The number of pyridine rings is 1. The third-order valence-electron chi connectivity index (χ3n) is 29.6. The zero-order valence-corrected chi connectivity index (χ0v) is 56.5. The number of hydrogen-bond donors (Lipinski definition) is 3. The second-order valence-electron chi connectivity index (χ2n) is 34.5. The Balaban J connectivity index is 0.000000122. The second kappa shape index (κ2) is 24.7. The first-order valence-electron chi connectivity index (χ1n) is 36.5. The van der Waals surface area contributed by atoms with Crippen molar-refractivity contribution in [1.29, 1.82) is 0 Å². The summed E-state index contributed by atoms with van der Waals surface area (Å²) in [6.45, 7) is 17.7. The number of Topliss-reactive ketones (excluding diaryl/α,β-unsaturated/α-hetero) is 3. The molecule has 0 radical (unpaired) electrons. The summed E-state index contributed by atoms with van der Waals surface area (Å²) in [7, 11) is 0. The fourth-order valence-electron chi connectivity index (χ4n) is 25.4. The minimum Gasteiger partial charge on any atom is -0.390 e. The maximum Gasteiger partial charge on any atom is 0.143 e.